The maximum Gasteiger partial charge on any atom is 0.103 e. The average molecular weight is 291 g/mol. The highest BCUT2D eigenvalue weighted by Crippen LogP contribution is 2.24. The van der Waals surface area contributed by atoms with Gasteiger partial charge in [-0.1, -0.05) is 12.2 Å². The van der Waals surface area contributed by atoms with E-state index in [1.54, 1.807) is 0 Å². The van der Waals surface area contributed by atoms with Gasteiger partial charge in [0.05, 0.1) is 13.2 Å². The summed E-state index contributed by atoms with van der Waals surface area (Å²) in [7, 11) is 0. The molecule has 4 nitrogen and oxygen atoms in total. The Morgan fingerprint density at radius 2 is 1.85 bits per heavy atom. The molecule has 2 N–H and O–H groups in total. The van der Waals surface area contributed by atoms with Gasteiger partial charge in [0.1, 0.15) is 4.99 Å². The second-order valence-electron chi connectivity index (χ2n) is 5.45. The van der Waals surface area contributed by atoms with Crippen molar-refractivity contribution in [3.8, 4) is 0 Å². The Bertz CT molecular complexity index is 471. The van der Waals surface area contributed by atoms with Crippen LogP contribution in [-0.2, 0) is 4.74 Å². The van der Waals surface area contributed by atoms with Gasteiger partial charge in [-0.25, -0.2) is 0 Å². The third-order valence-corrected chi connectivity index (χ3v) is 4.48. The van der Waals surface area contributed by atoms with Crippen LogP contribution in [0.2, 0.25) is 0 Å². The van der Waals surface area contributed by atoms with Crippen LogP contribution in [0.15, 0.2) is 24.3 Å². The number of hydrogen-bond donors (Lipinski definition) is 1. The van der Waals surface area contributed by atoms with E-state index in [4.69, 9.17) is 22.7 Å². The summed E-state index contributed by atoms with van der Waals surface area (Å²) in [5.41, 5.74) is 7.84. The number of anilines is 1. The summed E-state index contributed by atoms with van der Waals surface area (Å²) >= 11 is 4.99. The van der Waals surface area contributed by atoms with Crippen molar-refractivity contribution in [3.05, 3.63) is 29.8 Å². The van der Waals surface area contributed by atoms with Gasteiger partial charge in [-0.15, -0.1) is 0 Å². The minimum absolute atomic E-state index is 0.462. The number of ether oxygens (including phenoxy) is 1. The van der Waals surface area contributed by atoms with Crippen LogP contribution in [0.4, 0.5) is 5.69 Å². The Morgan fingerprint density at radius 3 is 2.50 bits per heavy atom. The molecule has 2 heterocycles. The highest BCUT2D eigenvalue weighted by molar-refractivity contribution is 7.80. The fraction of sp³-hybridized carbons (Fsp3) is 0.533. The highest BCUT2D eigenvalue weighted by Gasteiger charge is 2.28. The maximum absolute atomic E-state index is 5.64. The van der Waals surface area contributed by atoms with Crippen molar-refractivity contribution in [1.82, 2.24) is 4.90 Å². The van der Waals surface area contributed by atoms with Crippen molar-refractivity contribution in [1.29, 1.82) is 0 Å². The van der Waals surface area contributed by atoms with E-state index in [0.717, 1.165) is 45.0 Å². The van der Waals surface area contributed by atoms with Crippen LogP contribution in [0.3, 0.4) is 0 Å². The van der Waals surface area contributed by atoms with E-state index in [-0.39, 0.29) is 0 Å². The summed E-state index contributed by atoms with van der Waals surface area (Å²) in [6.07, 6.45) is 1.23. The normalized spacial score (nSPS) is 24.0. The van der Waals surface area contributed by atoms with Gasteiger partial charge in [0.25, 0.3) is 0 Å². The molecule has 1 atom stereocenters. The molecule has 2 saturated heterocycles. The van der Waals surface area contributed by atoms with Crippen LogP contribution in [-0.4, -0.2) is 55.3 Å². The first-order valence-corrected chi connectivity index (χ1v) is 7.61. The molecule has 0 radical (unpaired) electrons. The molecular formula is C15H21N3OS. The molecule has 20 heavy (non-hydrogen) atoms. The number of morpholine rings is 1. The molecular weight excluding hydrogens is 270 g/mol. The quantitative estimate of drug-likeness (QED) is 0.849. The fourth-order valence-corrected chi connectivity index (χ4v) is 3.19. The minimum atomic E-state index is 0.462. The minimum Gasteiger partial charge on any atom is -0.389 e. The second kappa shape index (κ2) is 6.08. The van der Waals surface area contributed by atoms with Gasteiger partial charge in [0.15, 0.2) is 0 Å². The smallest absolute Gasteiger partial charge is 0.103 e. The zero-order valence-electron chi connectivity index (χ0n) is 11.6. The fourth-order valence-electron chi connectivity index (χ4n) is 3.05. The van der Waals surface area contributed by atoms with E-state index in [2.05, 4.69) is 21.9 Å². The Balaban J connectivity index is 1.62. The number of hydrogen-bond acceptors (Lipinski definition) is 4. The van der Waals surface area contributed by atoms with Crippen molar-refractivity contribution in [2.45, 2.75) is 12.5 Å². The average Bonchev–Trinajstić information content (AvgIpc) is 2.98. The molecule has 0 spiro atoms. The standard InChI is InChI=1S/C15H21N3OS/c16-15(20)12-1-3-13(4-2-12)18-6-5-14(11-18)17-7-9-19-10-8-17/h1-4,14H,5-11H2,(H2,16,20). The monoisotopic (exact) mass is 291 g/mol. The lowest BCUT2D eigenvalue weighted by molar-refractivity contribution is 0.0209. The van der Waals surface area contributed by atoms with E-state index in [0.29, 0.717) is 11.0 Å². The molecule has 0 aromatic heterocycles. The van der Waals surface area contributed by atoms with Crippen LogP contribution in [0.5, 0.6) is 0 Å². The van der Waals surface area contributed by atoms with Gasteiger partial charge in [0.2, 0.25) is 0 Å². The third kappa shape index (κ3) is 2.95. The van der Waals surface area contributed by atoms with Gasteiger partial charge >= 0.3 is 0 Å². The van der Waals surface area contributed by atoms with Crippen molar-refractivity contribution in [2.75, 3.05) is 44.3 Å². The first-order valence-electron chi connectivity index (χ1n) is 7.20. The van der Waals surface area contributed by atoms with E-state index in [1.165, 1.54) is 12.1 Å². The highest BCUT2D eigenvalue weighted by atomic mass is 32.1. The van der Waals surface area contributed by atoms with Crippen molar-refractivity contribution >= 4 is 22.9 Å². The van der Waals surface area contributed by atoms with Gasteiger partial charge in [-0.05, 0) is 30.7 Å². The summed E-state index contributed by atoms with van der Waals surface area (Å²) in [4.78, 5) is 5.47. The maximum atomic E-state index is 5.64. The number of nitrogens with zero attached hydrogens (tertiary/aromatic N) is 2. The summed E-state index contributed by atoms with van der Waals surface area (Å²) < 4.78 is 5.43. The lowest BCUT2D eigenvalue weighted by Crippen LogP contribution is -2.44. The van der Waals surface area contributed by atoms with Gasteiger partial charge in [-0.3, -0.25) is 4.90 Å². The molecule has 5 heteroatoms. The molecule has 1 unspecified atom stereocenters. The Kier molecular flexibility index (Phi) is 4.19. The topological polar surface area (TPSA) is 41.7 Å². The number of thiocarbonyl (C=S) groups is 1. The predicted octanol–water partition coefficient (Wildman–Crippen LogP) is 1.23. The molecule has 1 aromatic carbocycles. The van der Waals surface area contributed by atoms with E-state index in [9.17, 15) is 0 Å². The van der Waals surface area contributed by atoms with Gasteiger partial charge in [0, 0.05) is 43.5 Å². The lowest BCUT2D eigenvalue weighted by atomic mass is 10.2. The van der Waals surface area contributed by atoms with Crippen LogP contribution < -0.4 is 10.6 Å². The molecule has 0 bridgehead atoms. The zero-order chi connectivity index (χ0) is 13.9. The zero-order valence-corrected chi connectivity index (χ0v) is 12.4. The lowest BCUT2D eigenvalue weighted by Gasteiger charge is -2.32. The van der Waals surface area contributed by atoms with Crippen LogP contribution >= 0.6 is 12.2 Å². The third-order valence-electron chi connectivity index (χ3n) is 4.24. The number of benzene rings is 1. The summed E-state index contributed by atoms with van der Waals surface area (Å²) in [6.45, 7) is 6.11. The first-order chi connectivity index (χ1) is 9.74. The molecule has 108 valence electrons. The van der Waals surface area contributed by atoms with Crippen molar-refractivity contribution < 1.29 is 4.74 Å². The molecule has 0 saturated carbocycles. The second-order valence-corrected chi connectivity index (χ2v) is 5.89. The Hall–Kier alpha value is -1.17. The number of nitrogens with two attached hydrogens (primary N) is 1. The molecule has 2 fully saturated rings. The van der Waals surface area contributed by atoms with E-state index in [1.807, 2.05) is 12.1 Å². The number of rotatable bonds is 3. The van der Waals surface area contributed by atoms with Gasteiger partial charge in [-0.2, -0.15) is 0 Å². The molecule has 0 aliphatic carbocycles. The first kappa shape index (κ1) is 13.8. The Labute approximate surface area is 125 Å². The molecule has 1 aromatic rings. The van der Waals surface area contributed by atoms with Crippen LogP contribution in [0.1, 0.15) is 12.0 Å². The summed E-state index contributed by atoms with van der Waals surface area (Å²) in [6, 6.07) is 8.93. The SMILES string of the molecule is NC(=S)c1ccc(N2CCC(N3CCOCC3)C2)cc1. The molecule has 0 amide bonds. The van der Waals surface area contributed by atoms with Gasteiger partial charge < -0.3 is 15.4 Å². The van der Waals surface area contributed by atoms with Crippen LogP contribution in [0.25, 0.3) is 0 Å². The van der Waals surface area contributed by atoms with Crippen molar-refractivity contribution in [2.24, 2.45) is 5.73 Å². The largest absolute Gasteiger partial charge is 0.389 e. The van der Waals surface area contributed by atoms with Crippen molar-refractivity contribution in [3.63, 3.8) is 0 Å². The molecule has 3 rings (SSSR count). The van der Waals surface area contributed by atoms with E-state index >= 15 is 0 Å². The summed E-state index contributed by atoms with van der Waals surface area (Å²) in [5, 5.41) is 0. The van der Waals surface area contributed by atoms with E-state index < -0.39 is 0 Å². The molecule has 2 aliphatic heterocycles. The summed E-state index contributed by atoms with van der Waals surface area (Å²) in [5.74, 6) is 0. The van der Waals surface area contributed by atoms with Crippen LogP contribution in [0, 0.1) is 0 Å². The Morgan fingerprint density at radius 1 is 1.15 bits per heavy atom. The molecule has 2 aliphatic rings. The predicted molar refractivity (Wildman–Crippen MR) is 85.3 cm³/mol.